The largest absolute Gasteiger partial charge is 0.507 e. The lowest BCUT2D eigenvalue weighted by atomic mass is 9.97. The summed E-state index contributed by atoms with van der Waals surface area (Å²) in [6.45, 7) is 5.20. The van der Waals surface area contributed by atoms with Crippen LogP contribution in [0.4, 0.5) is 4.39 Å². The SMILES string of the molecule is CCNC(=O)c1noc(-c2cc(Cl)c(O)cc2O)c1-c1ccc(CN2CCOCC2)c(F)c1. The van der Waals surface area contributed by atoms with Crippen molar-refractivity contribution in [1.82, 2.24) is 15.4 Å². The first-order valence-corrected chi connectivity index (χ1v) is 10.9. The fourth-order valence-corrected chi connectivity index (χ4v) is 3.87. The Morgan fingerprint density at radius 3 is 2.67 bits per heavy atom. The maximum atomic E-state index is 15.1. The molecule has 0 spiro atoms. The fourth-order valence-electron chi connectivity index (χ4n) is 3.70. The van der Waals surface area contributed by atoms with Crippen LogP contribution in [0.1, 0.15) is 23.0 Å². The topological polar surface area (TPSA) is 108 Å². The van der Waals surface area contributed by atoms with Gasteiger partial charge in [-0.2, -0.15) is 0 Å². The van der Waals surface area contributed by atoms with Crippen molar-refractivity contribution in [3.8, 4) is 33.9 Å². The highest BCUT2D eigenvalue weighted by atomic mass is 35.5. The van der Waals surface area contributed by atoms with Gasteiger partial charge in [-0.1, -0.05) is 28.9 Å². The number of nitrogens with one attached hydrogen (secondary N) is 1. The number of carbonyl (C=O) groups is 1. The number of hydrogen-bond donors (Lipinski definition) is 3. The molecule has 8 nitrogen and oxygen atoms in total. The van der Waals surface area contributed by atoms with E-state index in [-0.39, 0.29) is 39.1 Å². The summed E-state index contributed by atoms with van der Waals surface area (Å²) in [4.78, 5) is 14.7. The molecule has 1 saturated heterocycles. The normalized spacial score (nSPS) is 14.4. The third kappa shape index (κ3) is 4.80. The molecule has 0 aliphatic carbocycles. The summed E-state index contributed by atoms with van der Waals surface area (Å²) in [6.07, 6.45) is 0. The molecule has 174 valence electrons. The highest BCUT2D eigenvalue weighted by Crippen LogP contribution is 2.43. The molecule has 3 aromatic rings. The van der Waals surface area contributed by atoms with Crippen LogP contribution in [-0.2, 0) is 11.3 Å². The number of aromatic nitrogens is 1. The molecular formula is C23H23ClFN3O5. The minimum Gasteiger partial charge on any atom is -0.507 e. The molecule has 2 aromatic carbocycles. The van der Waals surface area contributed by atoms with Crippen LogP contribution in [0.5, 0.6) is 11.5 Å². The number of aromatic hydroxyl groups is 2. The van der Waals surface area contributed by atoms with Crippen LogP contribution in [0.15, 0.2) is 34.9 Å². The lowest BCUT2D eigenvalue weighted by molar-refractivity contribution is 0.0337. The number of nitrogens with zero attached hydrogens (tertiary/aromatic N) is 2. The van der Waals surface area contributed by atoms with Crippen molar-refractivity contribution < 1.29 is 28.7 Å². The average Bonchev–Trinajstić information content (AvgIpc) is 3.23. The van der Waals surface area contributed by atoms with Gasteiger partial charge >= 0.3 is 0 Å². The predicted molar refractivity (Wildman–Crippen MR) is 120 cm³/mol. The van der Waals surface area contributed by atoms with E-state index in [1.807, 2.05) is 0 Å². The van der Waals surface area contributed by atoms with Crippen molar-refractivity contribution >= 4 is 17.5 Å². The second-order valence-corrected chi connectivity index (χ2v) is 8.02. The van der Waals surface area contributed by atoms with E-state index in [9.17, 15) is 15.0 Å². The Labute approximate surface area is 194 Å². The van der Waals surface area contributed by atoms with E-state index in [1.165, 1.54) is 12.1 Å². The number of rotatable bonds is 6. The van der Waals surface area contributed by atoms with Crippen LogP contribution in [-0.4, -0.2) is 59.0 Å². The third-order valence-electron chi connectivity index (χ3n) is 5.39. The van der Waals surface area contributed by atoms with Crippen molar-refractivity contribution in [3.63, 3.8) is 0 Å². The molecule has 1 aromatic heterocycles. The Balaban J connectivity index is 1.78. The van der Waals surface area contributed by atoms with Crippen LogP contribution < -0.4 is 5.32 Å². The maximum Gasteiger partial charge on any atom is 0.274 e. The first-order valence-electron chi connectivity index (χ1n) is 10.5. The van der Waals surface area contributed by atoms with Crippen LogP contribution >= 0.6 is 11.6 Å². The van der Waals surface area contributed by atoms with Crippen molar-refractivity contribution in [3.05, 3.63) is 52.4 Å². The number of amides is 1. The Morgan fingerprint density at radius 2 is 1.97 bits per heavy atom. The van der Waals surface area contributed by atoms with E-state index >= 15 is 4.39 Å². The van der Waals surface area contributed by atoms with Crippen LogP contribution in [0.25, 0.3) is 22.5 Å². The molecule has 10 heteroatoms. The van der Waals surface area contributed by atoms with E-state index < -0.39 is 11.7 Å². The summed E-state index contributed by atoms with van der Waals surface area (Å²) < 4.78 is 25.8. The Kier molecular flexibility index (Phi) is 6.83. The van der Waals surface area contributed by atoms with Gasteiger partial charge in [0.25, 0.3) is 5.91 Å². The Bertz CT molecular complexity index is 1180. The van der Waals surface area contributed by atoms with Crippen LogP contribution in [0.2, 0.25) is 5.02 Å². The van der Waals surface area contributed by atoms with E-state index in [4.69, 9.17) is 20.9 Å². The minimum atomic E-state index is -0.510. The molecule has 1 aliphatic rings. The van der Waals surface area contributed by atoms with E-state index in [0.29, 0.717) is 37.4 Å². The number of phenols is 2. The van der Waals surface area contributed by atoms with Crippen molar-refractivity contribution in [2.24, 2.45) is 0 Å². The monoisotopic (exact) mass is 475 g/mol. The van der Waals surface area contributed by atoms with Gasteiger partial charge in [-0.05, 0) is 24.6 Å². The molecule has 0 saturated carbocycles. The number of morpholine rings is 1. The molecule has 1 amide bonds. The first-order chi connectivity index (χ1) is 15.9. The van der Waals surface area contributed by atoms with E-state index in [1.54, 1.807) is 19.1 Å². The summed E-state index contributed by atoms with van der Waals surface area (Å²) in [5, 5.41) is 26.6. The standard InChI is InChI=1S/C23H23ClFN3O5/c1-2-26-23(31)21-20(22(33-27-21)15-10-16(24)19(30)11-18(15)29)13-3-4-14(17(25)9-13)12-28-5-7-32-8-6-28/h3-4,9-11,29-30H,2,5-8,12H2,1H3,(H,26,31). The summed E-state index contributed by atoms with van der Waals surface area (Å²) in [6, 6.07) is 7.00. The zero-order valence-corrected chi connectivity index (χ0v) is 18.7. The molecule has 1 aliphatic heterocycles. The molecule has 2 heterocycles. The van der Waals surface area contributed by atoms with Crippen molar-refractivity contribution in [2.75, 3.05) is 32.8 Å². The third-order valence-corrected chi connectivity index (χ3v) is 5.70. The molecule has 4 rings (SSSR count). The molecule has 0 unspecified atom stereocenters. The first kappa shape index (κ1) is 23.0. The van der Waals surface area contributed by atoms with Gasteiger partial charge in [-0.3, -0.25) is 9.69 Å². The number of ether oxygens (including phenoxy) is 1. The van der Waals surface area contributed by atoms with Gasteiger partial charge in [-0.15, -0.1) is 0 Å². The number of halogens is 2. The smallest absolute Gasteiger partial charge is 0.274 e. The van der Waals surface area contributed by atoms with Gasteiger partial charge in [0.05, 0.1) is 29.4 Å². The van der Waals surface area contributed by atoms with Gasteiger partial charge in [0.2, 0.25) is 0 Å². The number of carbonyl (C=O) groups excluding carboxylic acids is 1. The maximum absolute atomic E-state index is 15.1. The molecule has 33 heavy (non-hydrogen) atoms. The second-order valence-electron chi connectivity index (χ2n) is 7.61. The zero-order valence-electron chi connectivity index (χ0n) is 17.9. The van der Waals surface area contributed by atoms with Gasteiger partial charge in [-0.25, -0.2) is 4.39 Å². The van der Waals surface area contributed by atoms with E-state index in [2.05, 4.69) is 15.4 Å². The highest BCUT2D eigenvalue weighted by Gasteiger charge is 2.27. The van der Waals surface area contributed by atoms with Crippen LogP contribution in [0, 0.1) is 5.82 Å². The number of hydrogen-bond acceptors (Lipinski definition) is 7. The Hall–Kier alpha value is -3.14. The quantitative estimate of drug-likeness (QED) is 0.497. The second kappa shape index (κ2) is 9.78. The average molecular weight is 476 g/mol. The van der Waals surface area contributed by atoms with Crippen molar-refractivity contribution in [1.29, 1.82) is 0 Å². The summed E-state index contributed by atoms with van der Waals surface area (Å²) in [5.41, 5.74) is 1.10. The molecule has 3 N–H and O–H groups in total. The molecule has 1 fully saturated rings. The number of phenolic OH excluding ortho intramolecular Hbond substituents is 2. The van der Waals surface area contributed by atoms with Gasteiger partial charge in [0.15, 0.2) is 11.5 Å². The summed E-state index contributed by atoms with van der Waals surface area (Å²) >= 11 is 6.02. The fraction of sp³-hybridized carbons (Fsp3) is 0.304. The van der Waals surface area contributed by atoms with Crippen LogP contribution in [0.3, 0.4) is 0 Å². The highest BCUT2D eigenvalue weighted by molar-refractivity contribution is 6.32. The number of benzene rings is 2. The lowest BCUT2D eigenvalue weighted by Gasteiger charge is -2.26. The minimum absolute atomic E-state index is 0.0241. The van der Waals surface area contributed by atoms with Gasteiger partial charge in [0, 0.05) is 37.8 Å². The predicted octanol–water partition coefficient (Wildman–Crippen LogP) is 3.79. The molecule has 0 bridgehead atoms. The van der Waals surface area contributed by atoms with Gasteiger partial charge < -0.3 is 24.8 Å². The zero-order chi connectivity index (χ0) is 23.5. The molecule has 0 atom stereocenters. The molecule has 0 radical (unpaired) electrons. The Morgan fingerprint density at radius 1 is 1.21 bits per heavy atom. The van der Waals surface area contributed by atoms with E-state index in [0.717, 1.165) is 19.2 Å². The summed E-state index contributed by atoms with van der Waals surface area (Å²) in [7, 11) is 0. The van der Waals surface area contributed by atoms with Crippen molar-refractivity contribution in [2.45, 2.75) is 13.5 Å². The van der Waals surface area contributed by atoms with Gasteiger partial charge in [0.1, 0.15) is 17.3 Å². The summed E-state index contributed by atoms with van der Waals surface area (Å²) in [5.74, 6) is -1.58. The lowest BCUT2D eigenvalue weighted by Crippen LogP contribution is -2.35. The molecular weight excluding hydrogens is 453 g/mol.